The average molecular weight is 378 g/mol. The van der Waals surface area contributed by atoms with Crippen molar-refractivity contribution in [3.8, 4) is 5.75 Å². The lowest BCUT2D eigenvalue weighted by atomic mass is 9.96. The summed E-state index contributed by atoms with van der Waals surface area (Å²) in [6, 6.07) is 2.11. The van der Waals surface area contributed by atoms with Crippen LogP contribution in [0.25, 0.3) is 5.57 Å². The van der Waals surface area contributed by atoms with Crippen molar-refractivity contribution in [1.82, 2.24) is 0 Å². The normalized spacial score (nSPS) is 12.3. The highest BCUT2D eigenvalue weighted by Crippen LogP contribution is 2.38. The van der Waals surface area contributed by atoms with E-state index in [2.05, 4.69) is 6.58 Å². The van der Waals surface area contributed by atoms with E-state index in [-0.39, 0.29) is 23.0 Å². The molecule has 9 heteroatoms. The molecule has 1 aromatic heterocycles. The number of rotatable bonds is 3. The van der Waals surface area contributed by atoms with E-state index in [1.54, 1.807) is 0 Å². The van der Waals surface area contributed by atoms with Gasteiger partial charge < -0.3 is 9.52 Å². The summed E-state index contributed by atoms with van der Waals surface area (Å²) < 4.78 is 82.1. The average Bonchev–Trinajstić information content (AvgIpc) is 2.48. The highest BCUT2D eigenvalue weighted by molar-refractivity contribution is 5.68. The van der Waals surface area contributed by atoms with Gasteiger partial charge in [-0.3, -0.25) is 0 Å². The van der Waals surface area contributed by atoms with Gasteiger partial charge in [0.25, 0.3) is 0 Å². The van der Waals surface area contributed by atoms with Crippen molar-refractivity contribution in [2.75, 3.05) is 0 Å². The number of hydrogen-bond donors (Lipinski definition) is 1. The van der Waals surface area contributed by atoms with Gasteiger partial charge >= 0.3 is 18.0 Å². The summed E-state index contributed by atoms with van der Waals surface area (Å²) in [4.78, 5) is 11.8. The van der Waals surface area contributed by atoms with Crippen LogP contribution >= 0.6 is 0 Å². The lowest BCUT2D eigenvalue weighted by Gasteiger charge is -2.15. The summed E-state index contributed by atoms with van der Waals surface area (Å²) in [5.41, 5.74) is -4.93. The number of allylic oxidation sites excluding steroid dienone is 1. The van der Waals surface area contributed by atoms with Crippen molar-refractivity contribution >= 4 is 5.57 Å². The van der Waals surface area contributed by atoms with Crippen LogP contribution in [-0.4, -0.2) is 5.11 Å². The molecule has 0 radical (unpaired) electrons. The zero-order valence-electron chi connectivity index (χ0n) is 13.3. The number of aromatic hydroxyl groups is 1. The zero-order valence-corrected chi connectivity index (χ0v) is 13.3. The highest BCUT2D eigenvalue weighted by atomic mass is 19.4. The Morgan fingerprint density at radius 2 is 1.54 bits per heavy atom. The molecule has 0 saturated heterocycles. The fraction of sp³-hybridized carbons (Fsp3) is 0.235. The van der Waals surface area contributed by atoms with Crippen molar-refractivity contribution in [1.29, 1.82) is 0 Å². The van der Waals surface area contributed by atoms with Crippen molar-refractivity contribution < 1.29 is 35.9 Å². The topological polar surface area (TPSA) is 50.4 Å². The van der Waals surface area contributed by atoms with Crippen LogP contribution in [0.1, 0.15) is 28.0 Å². The molecule has 0 spiro atoms. The maximum atomic E-state index is 12.9. The number of aryl methyl sites for hydroxylation is 1. The molecular weight excluding hydrogens is 366 g/mol. The Labute approximate surface area is 143 Å². The van der Waals surface area contributed by atoms with Gasteiger partial charge in [0.2, 0.25) is 0 Å². The second-order valence-corrected chi connectivity index (χ2v) is 5.58. The molecule has 140 valence electrons. The Balaban J connectivity index is 2.51. The third-order valence-corrected chi connectivity index (χ3v) is 3.54. The first-order valence-corrected chi connectivity index (χ1v) is 7.09. The van der Waals surface area contributed by atoms with Crippen LogP contribution in [0.15, 0.2) is 40.1 Å². The first-order valence-electron chi connectivity index (χ1n) is 7.09. The van der Waals surface area contributed by atoms with Crippen LogP contribution in [-0.2, 0) is 18.8 Å². The Morgan fingerprint density at radius 3 is 1.96 bits per heavy atom. The molecule has 0 aliphatic carbocycles. The molecule has 0 bridgehead atoms. The molecular formula is C17H12F6O3. The molecule has 0 atom stereocenters. The Morgan fingerprint density at radius 1 is 1.04 bits per heavy atom. The van der Waals surface area contributed by atoms with Gasteiger partial charge in [-0.1, -0.05) is 6.58 Å². The number of benzene rings is 1. The lowest BCUT2D eigenvalue weighted by molar-refractivity contribution is -0.143. The molecule has 1 aromatic carbocycles. The molecule has 1 N–H and O–H groups in total. The molecule has 1 heterocycles. The van der Waals surface area contributed by atoms with E-state index >= 15 is 0 Å². The van der Waals surface area contributed by atoms with Crippen molar-refractivity contribution in [3.63, 3.8) is 0 Å². The minimum atomic E-state index is -5.00. The number of halogens is 6. The molecule has 2 rings (SSSR count). The fourth-order valence-corrected chi connectivity index (χ4v) is 2.26. The van der Waals surface area contributed by atoms with E-state index in [4.69, 9.17) is 4.42 Å². The van der Waals surface area contributed by atoms with Gasteiger partial charge in [0.1, 0.15) is 11.5 Å². The maximum Gasteiger partial charge on any atom is 0.416 e. The summed E-state index contributed by atoms with van der Waals surface area (Å²) in [5, 5.41) is 9.77. The molecule has 0 aliphatic heterocycles. The van der Waals surface area contributed by atoms with Crippen LogP contribution in [0.2, 0.25) is 0 Å². The maximum absolute atomic E-state index is 12.9. The monoisotopic (exact) mass is 378 g/mol. The highest BCUT2D eigenvalue weighted by Gasteiger charge is 2.37. The Bertz CT molecular complexity index is 874. The van der Waals surface area contributed by atoms with E-state index in [0.717, 1.165) is 6.07 Å². The minimum absolute atomic E-state index is 0.00547. The minimum Gasteiger partial charge on any atom is -0.507 e. The van der Waals surface area contributed by atoms with Crippen molar-refractivity contribution in [2.45, 2.75) is 25.7 Å². The van der Waals surface area contributed by atoms with E-state index < -0.39 is 46.8 Å². The van der Waals surface area contributed by atoms with Gasteiger partial charge in [-0.05, 0) is 36.3 Å². The number of hydrogen-bond acceptors (Lipinski definition) is 3. The summed E-state index contributed by atoms with van der Waals surface area (Å²) >= 11 is 0. The number of alkyl halides is 6. The fourth-order valence-electron chi connectivity index (χ4n) is 2.26. The van der Waals surface area contributed by atoms with E-state index in [9.17, 15) is 36.2 Å². The largest absolute Gasteiger partial charge is 0.507 e. The van der Waals surface area contributed by atoms with Crippen molar-refractivity contribution in [2.24, 2.45) is 0 Å². The quantitative estimate of drug-likeness (QED) is 0.769. The van der Waals surface area contributed by atoms with E-state index in [1.165, 1.54) is 6.92 Å². The lowest BCUT2D eigenvalue weighted by Crippen LogP contribution is -2.13. The summed E-state index contributed by atoms with van der Waals surface area (Å²) in [5.74, 6) is -0.386. The third-order valence-electron chi connectivity index (χ3n) is 3.54. The Hall–Kier alpha value is -2.71. The predicted octanol–water partition coefficient (Wildman–Crippen LogP) is 4.95. The molecule has 26 heavy (non-hydrogen) atoms. The van der Waals surface area contributed by atoms with Crippen molar-refractivity contribution in [3.05, 3.63) is 69.3 Å². The zero-order chi connectivity index (χ0) is 19.9. The van der Waals surface area contributed by atoms with Crippen LogP contribution in [0, 0.1) is 6.92 Å². The van der Waals surface area contributed by atoms with Gasteiger partial charge in [0.15, 0.2) is 0 Å². The second kappa shape index (κ2) is 6.54. The molecule has 3 nitrogen and oxygen atoms in total. The third kappa shape index (κ3) is 4.27. The summed E-state index contributed by atoms with van der Waals surface area (Å²) in [6.45, 7) is 4.84. The van der Waals surface area contributed by atoms with Crippen LogP contribution in [0.5, 0.6) is 5.75 Å². The molecule has 0 amide bonds. The van der Waals surface area contributed by atoms with Crippen LogP contribution in [0.3, 0.4) is 0 Å². The predicted molar refractivity (Wildman–Crippen MR) is 80.6 cm³/mol. The van der Waals surface area contributed by atoms with Crippen LogP contribution < -0.4 is 5.63 Å². The van der Waals surface area contributed by atoms with Gasteiger partial charge in [-0.2, -0.15) is 26.3 Å². The first-order chi connectivity index (χ1) is 11.8. The van der Waals surface area contributed by atoms with Gasteiger partial charge in [-0.15, -0.1) is 0 Å². The SMILES string of the molecule is C=C(Cc1c(O)cc(C)oc1=O)c1cc(C(F)(F)F)cc(C(F)(F)F)c1. The van der Waals surface area contributed by atoms with E-state index in [0.29, 0.717) is 12.1 Å². The summed E-state index contributed by atoms with van der Waals surface area (Å²) in [7, 11) is 0. The van der Waals surface area contributed by atoms with Crippen LogP contribution in [0.4, 0.5) is 26.3 Å². The standard InChI is InChI=1S/C17H12F6O3/c1-8(3-13-14(24)4-9(2)26-15(13)25)10-5-11(16(18,19)20)7-12(6-10)17(21,22)23/h4-7,24H,1,3H2,2H3. The summed E-state index contributed by atoms with van der Waals surface area (Å²) in [6.07, 6.45) is -10.5. The van der Waals surface area contributed by atoms with Gasteiger partial charge in [-0.25, -0.2) is 4.79 Å². The molecule has 0 unspecified atom stereocenters. The molecule has 0 fully saturated rings. The van der Waals surface area contributed by atoms with Gasteiger partial charge in [0, 0.05) is 12.5 Å². The first kappa shape index (κ1) is 19.6. The molecule has 2 aromatic rings. The Kier molecular flexibility index (Phi) is 4.94. The smallest absolute Gasteiger partial charge is 0.416 e. The molecule has 0 saturated carbocycles. The second-order valence-electron chi connectivity index (χ2n) is 5.58. The van der Waals surface area contributed by atoms with E-state index in [1.807, 2.05) is 0 Å². The molecule has 0 aliphatic rings. The van der Waals surface area contributed by atoms with Gasteiger partial charge in [0.05, 0.1) is 16.7 Å².